The third-order valence-corrected chi connectivity index (χ3v) is 16.8. The Kier molecular flexibility index (Phi) is 53.9. The Morgan fingerprint density at radius 1 is 0.408 bits per heavy atom. The first kappa shape index (κ1) is 73.2. The van der Waals surface area contributed by atoms with Crippen LogP contribution in [0.3, 0.4) is 0 Å². The van der Waals surface area contributed by atoms with Crippen LogP contribution in [-0.4, -0.2) is 98.7 Å². The normalized spacial score (nSPS) is 19.1. The van der Waals surface area contributed by atoms with Crippen molar-refractivity contribution in [1.82, 2.24) is 5.32 Å². The van der Waals surface area contributed by atoms with E-state index in [1.165, 1.54) is 289 Å². The second-order valence-electron chi connectivity index (χ2n) is 24.1. The summed E-state index contributed by atoms with van der Waals surface area (Å²) in [4.78, 5) is 13.1. The summed E-state index contributed by atoms with van der Waals surface area (Å²) in [5.41, 5.74) is 0. The number of aliphatic hydroxyl groups is 6. The fourth-order valence-electron chi connectivity index (χ4n) is 11.4. The molecule has 1 aliphatic heterocycles. The second kappa shape index (κ2) is 56.0. The van der Waals surface area contributed by atoms with Gasteiger partial charge in [-0.15, -0.1) is 0 Å². The average Bonchev–Trinajstić information content (AvgIpc) is 3.42. The predicted molar refractivity (Wildman–Crippen MR) is 320 cm³/mol. The van der Waals surface area contributed by atoms with E-state index in [2.05, 4.69) is 19.2 Å². The van der Waals surface area contributed by atoms with Gasteiger partial charge in [0.15, 0.2) is 6.29 Å². The van der Waals surface area contributed by atoms with Crippen molar-refractivity contribution in [3.05, 3.63) is 0 Å². The van der Waals surface area contributed by atoms with E-state index in [0.29, 0.717) is 6.42 Å². The molecule has 0 saturated carbocycles. The topological polar surface area (TPSA) is 169 Å². The Balaban J connectivity index is 2.09. The molecule has 1 amide bonds. The molecule has 454 valence electrons. The molecule has 0 bridgehead atoms. The van der Waals surface area contributed by atoms with E-state index in [4.69, 9.17) is 9.47 Å². The summed E-state index contributed by atoms with van der Waals surface area (Å²) in [7, 11) is 0. The van der Waals surface area contributed by atoms with Crippen molar-refractivity contribution in [3.8, 4) is 0 Å². The van der Waals surface area contributed by atoms with Crippen molar-refractivity contribution in [3.63, 3.8) is 0 Å². The molecule has 1 aliphatic rings. The summed E-state index contributed by atoms with van der Waals surface area (Å²) in [5, 5.41) is 65.7. The number of amides is 1. The molecule has 0 radical (unpaired) electrons. The van der Waals surface area contributed by atoms with Crippen LogP contribution in [-0.2, 0) is 14.3 Å². The largest absolute Gasteiger partial charge is 0.394 e. The van der Waals surface area contributed by atoms with Crippen LogP contribution in [0.25, 0.3) is 0 Å². The molecule has 10 heteroatoms. The summed E-state index contributed by atoms with van der Waals surface area (Å²) < 4.78 is 11.2. The molecular formula is C66H131NO9. The fourth-order valence-corrected chi connectivity index (χ4v) is 11.4. The Hall–Kier alpha value is -0.850. The summed E-state index contributed by atoms with van der Waals surface area (Å²) in [6.07, 6.45) is 58.8. The van der Waals surface area contributed by atoms with Crippen molar-refractivity contribution in [2.75, 3.05) is 13.2 Å². The third kappa shape index (κ3) is 43.9. The lowest BCUT2D eigenvalue weighted by Gasteiger charge is -2.40. The lowest BCUT2D eigenvalue weighted by atomic mass is 9.98. The summed E-state index contributed by atoms with van der Waals surface area (Å²) in [6.45, 7) is 3.67. The number of carbonyl (C=O) groups excluding carboxylic acids is 1. The van der Waals surface area contributed by atoms with Crippen LogP contribution in [0.15, 0.2) is 0 Å². The summed E-state index contributed by atoms with van der Waals surface area (Å²) >= 11 is 0. The molecule has 76 heavy (non-hydrogen) atoms. The number of nitrogens with one attached hydrogen (secondary N) is 1. The molecule has 0 aromatic heterocycles. The zero-order valence-corrected chi connectivity index (χ0v) is 50.4. The third-order valence-electron chi connectivity index (χ3n) is 16.8. The molecular weight excluding hydrogens is 951 g/mol. The molecule has 1 rings (SSSR count). The van der Waals surface area contributed by atoms with Crippen LogP contribution in [0.1, 0.15) is 354 Å². The van der Waals surface area contributed by atoms with Crippen LogP contribution >= 0.6 is 0 Å². The SMILES string of the molecule is CCCCCCCCCCCCCCCCCCCCCCCCCCCCCCCCCCCCCC(=O)N[C@@H](CO[C@@H]1O[C@H](CO)[C@@H](O)C(O)C1O)[C@H](O)[C@H](O)CCCCCCCCCCCCCCCCCC. The first-order valence-electron chi connectivity index (χ1n) is 33.8. The van der Waals surface area contributed by atoms with Crippen LogP contribution < -0.4 is 5.32 Å². The van der Waals surface area contributed by atoms with E-state index < -0.39 is 55.6 Å². The van der Waals surface area contributed by atoms with Gasteiger partial charge in [0.1, 0.15) is 30.5 Å². The summed E-state index contributed by atoms with van der Waals surface area (Å²) in [5.74, 6) is -0.248. The molecule has 2 unspecified atom stereocenters. The van der Waals surface area contributed by atoms with Crippen molar-refractivity contribution in [2.24, 2.45) is 0 Å². The molecule has 7 N–H and O–H groups in total. The average molecular weight is 1080 g/mol. The minimum atomic E-state index is -1.60. The lowest BCUT2D eigenvalue weighted by molar-refractivity contribution is -0.303. The highest BCUT2D eigenvalue weighted by molar-refractivity contribution is 5.76. The van der Waals surface area contributed by atoms with E-state index in [9.17, 15) is 35.4 Å². The molecule has 8 atom stereocenters. The van der Waals surface area contributed by atoms with Crippen molar-refractivity contribution in [2.45, 2.75) is 403 Å². The molecule has 1 heterocycles. The maximum absolute atomic E-state index is 13.1. The Morgan fingerprint density at radius 2 is 0.684 bits per heavy atom. The number of unbranched alkanes of at least 4 members (excludes halogenated alkanes) is 49. The van der Waals surface area contributed by atoms with E-state index in [1.807, 2.05) is 0 Å². The van der Waals surface area contributed by atoms with Crippen LogP contribution in [0.5, 0.6) is 0 Å². The highest BCUT2D eigenvalue weighted by Crippen LogP contribution is 2.24. The van der Waals surface area contributed by atoms with E-state index in [0.717, 1.165) is 38.5 Å². The van der Waals surface area contributed by atoms with Gasteiger partial charge in [-0.1, -0.05) is 335 Å². The molecule has 1 fully saturated rings. The standard InChI is InChI=1S/C66H131NO9/c1-3-5-7-9-11-13-15-17-19-21-22-23-24-25-26-27-28-29-30-31-32-33-34-35-36-37-38-39-41-43-45-47-49-51-53-55-61(70)67-58(57-75-66-65(74)64(73)63(72)60(56-68)76-66)62(71)59(69)54-52-50-48-46-44-42-40-20-18-16-14-12-10-8-6-4-2/h58-60,62-66,68-69,71-74H,3-57H2,1-2H3,(H,67,70)/t58-,59+,60+,62-,63+,64?,65?,66+/m0/s1. The van der Waals surface area contributed by atoms with Crippen LogP contribution in [0, 0.1) is 0 Å². The van der Waals surface area contributed by atoms with Gasteiger partial charge in [0.25, 0.3) is 0 Å². The van der Waals surface area contributed by atoms with Gasteiger partial charge < -0.3 is 45.4 Å². The quantitative estimate of drug-likeness (QED) is 0.0293. The molecule has 10 nitrogen and oxygen atoms in total. The smallest absolute Gasteiger partial charge is 0.220 e. The maximum atomic E-state index is 13.1. The van der Waals surface area contributed by atoms with Gasteiger partial charge in [0, 0.05) is 6.42 Å². The Morgan fingerprint density at radius 3 is 0.974 bits per heavy atom. The number of ether oxygens (including phenoxy) is 2. The number of hydrogen-bond donors (Lipinski definition) is 7. The van der Waals surface area contributed by atoms with Gasteiger partial charge in [0.2, 0.25) is 5.91 Å². The minimum absolute atomic E-state index is 0.248. The van der Waals surface area contributed by atoms with Crippen molar-refractivity contribution < 1.29 is 44.9 Å². The highest BCUT2D eigenvalue weighted by Gasteiger charge is 2.44. The molecule has 0 aromatic rings. The summed E-state index contributed by atoms with van der Waals surface area (Å²) in [6, 6.07) is -0.987. The highest BCUT2D eigenvalue weighted by atomic mass is 16.7. The predicted octanol–water partition coefficient (Wildman–Crippen LogP) is 16.7. The molecule has 0 aliphatic carbocycles. The monoisotopic (exact) mass is 1080 g/mol. The second-order valence-corrected chi connectivity index (χ2v) is 24.1. The van der Waals surface area contributed by atoms with Gasteiger partial charge in [-0.05, 0) is 12.8 Å². The van der Waals surface area contributed by atoms with Gasteiger partial charge >= 0.3 is 0 Å². The number of carbonyl (C=O) groups is 1. The van der Waals surface area contributed by atoms with E-state index >= 15 is 0 Å². The maximum Gasteiger partial charge on any atom is 0.220 e. The first-order chi connectivity index (χ1) is 37.3. The van der Waals surface area contributed by atoms with E-state index in [1.54, 1.807) is 0 Å². The number of aliphatic hydroxyl groups excluding tert-OH is 6. The van der Waals surface area contributed by atoms with Crippen molar-refractivity contribution >= 4 is 5.91 Å². The minimum Gasteiger partial charge on any atom is -0.394 e. The Labute approximate surface area is 470 Å². The van der Waals surface area contributed by atoms with Gasteiger partial charge in [-0.2, -0.15) is 0 Å². The van der Waals surface area contributed by atoms with Crippen molar-refractivity contribution in [1.29, 1.82) is 0 Å². The lowest BCUT2D eigenvalue weighted by Crippen LogP contribution is -2.60. The molecule has 1 saturated heterocycles. The first-order valence-corrected chi connectivity index (χ1v) is 33.8. The van der Waals surface area contributed by atoms with Gasteiger partial charge in [0.05, 0.1) is 25.4 Å². The number of rotatable bonds is 60. The molecule has 0 spiro atoms. The van der Waals surface area contributed by atoms with E-state index in [-0.39, 0.29) is 18.9 Å². The molecule has 0 aromatic carbocycles. The number of hydrogen-bond acceptors (Lipinski definition) is 9. The van der Waals surface area contributed by atoms with Gasteiger partial charge in [-0.25, -0.2) is 0 Å². The van der Waals surface area contributed by atoms with Gasteiger partial charge in [-0.3, -0.25) is 4.79 Å². The Bertz CT molecular complexity index is 1180. The van der Waals surface area contributed by atoms with Crippen LogP contribution in [0.2, 0.25) is 0 Å². The van der Waals surface area contributed by atoms with Crippen LogP contribution in [0.4, 0.5) is 0 Å². The zero-order chi connectivity index (χ0) is 55.2. The zero-order valence-electron chi connectivity index (χ0n) is 50.4. The fraction of sp³-hybridized carbons (Fsp3) is 0.985.